The van der Waals surface area contributed by atoms with Gasteiger partial charge in [0.2, 0.25) is 0 Å². The first kappa shape index (κ1) is 16.6. The van der Waals surface area contributed by atoms with Crippen LogP contribution in [0.3, 0.4) is 0 Å². The third-order valence-electron chi connectivity index (χ3n) is 4.78. The molecule has 4 rings (SSSR count). The lowest BCUT2D eigenvalue weighted by Gasteiger charge is -2.33. The Morgan fingerprint density at radius 1 is 1.08 bits per heavy atom. The van der Waals surface area contributed by atoms with Crippen molar-refractivity contribution in [3.8, 4) is 17.1 Å². The first-order chi connectivity index (χ1) is 12.7. The summed E-state index contributed by atoms with van der Waals surface area (Å²) >= 11 is 0. The number of oxazole rings is 1. The lowest BCUT2D eigenvalue weighted by molar-refractivity contribution is -0.915. The van der Waals surface area contributed by atoms with E-state index in [1.54, 1.807) is 24.4 Å². The summed E-state index contributed by atoms with van der Waals surface area (Å²) in [7, 11) is 0. The Kier molecular flexibility index (Phi) is 4.58. The van der Waals surface area contributed by atoms with Gasteiger partial charge < -0.3 is 19.3 Å². The fraction of sp³-hybridized carbons (Fsp3) is 0.250. The van der Waals surface area contributed by atoms with E-state index in [0.717, 1.165) is 44.0 Å². The Balaban J connectivity index is 1.36. The summed E-state index contributed by atoms with van der Waals surface area (Å²) in [6.07, 6.45) is 1.69. The molecule has 2 aromatic carbocycles. The number of hydrogen-bond donors (Lipinski definition) is 2. The molecule has 134 valence electrons. The van der Waals surface area contributed by atoms with Gasteiger partial charge in [-0.15, -0.1) is 0 Å². The van der Waals surface area contributed by atoms with Crippen molar-refractivity contribution in [1.29, 1.82) is 0 Å². The van der Waals surface area contributed by atoms with Crippen LogP contribution in [0.25, 0.3) is 11.3 Å². The van der Waals surface area contributed by atoms with Gasteiger partial charge >= 0.3 is 0 Å². The van der Waals surface area contributed by atoms with Crippen molar-refractivity contribution in [3.63, 3.8) is 0 Å². The van der Waals surface area contributed by atoms with E-state index in [0.29, 0.717) is 17.4 Å². The number of nitrogens with one attached hydrogen (secondary N) is 1. The molecule has 1 aromatic heterocycles. The number of aromatic nitrogens is 1. The second kappa shape index (κ2) is 7.17. The Morgan fingerprint density at radius 2 is 1.81 bits per heavy atom. The van der Waals surface area contributed by atoms with Crippen molar-refractivity contribution in [2.45, 2.75) is 6.54 Å². The highest BCUT2D eigenvalue weighted by Crippen LogP contribution is 2.26. The summed E-state index contributed by atoms with van der Waals surface area (Å²) in [5.74, 6) is 1.41. The zero-order valence-corrected chi connectivity index (χ0v) is 14.4. The van der Waals surface area contributed by atoms with Gasteiger partial charge in [0.05, 0.1) is 38.1 Å². The Bertz CT molecular complexity index is 871. The third kappa shape index (κ3) is 3.55. The van der Waals surface area contributed by atoms with Crippen LogP contribution < -0.4 is 9.80 Å². The van der Waals surface area contributed by atoms with Gasteiger partial charge in [0.15, 0.2) is 12.3 Å². The molecule has 0 unspecified atom stereocenters. The molecule has 0 saturated carbocycles. The van der Waals surface area contributed by atoms with Crippen LogP contribution in [0.4, 0.5) is 10.1 Å². The first-order valence-corrected chi connectivity index (χ1v) is 8.76. The predicted octanol–water partition coefficient (Wildman–Crippen LogP) is 2.09. The summed E-state index contributed by atoms with van der Waals surface area (Å²) < 4.78 is 18.9. The largest absolute Gasteiger partial charge is 0.506 e. The van der Waals surface area contributed by atoms with E-state index in [2.05, 4.69) is 9.88 Å². The lowest BCUT2D eigenvalue weighted by atomic mass is 10.2. The Hall–Kier alpha value is -2.86. The average molecular weight is 354 g/mol. The smallest absolute Gasteiger partial charge is 0.250 e. The minimum atomic E-state index is -0.264. The molecule has 2 N–H and O–H groups in total. The van der Waals surface area contributed by atoms with Crippen LogP contribution in [0.2, 0.25) is 0 Å². The molecule has 5 nitrogen and oxygen atoms in total. The SMILES string of the molecule is Oc1ccccc1N1CC[NH+](Cc2ncc(-c3ccc(F)cc3)o2)CC1. The number of aromatic hydroxyl groups is 1. The molecule has 26 heavy (non-hydrogen) atoms. The van der Waals surface area contributed by atoms with Crippen molar-refractivity contribution in [3.05, 3.63) is 66.4 Å². The zero-order chi connectivity index (χ0) is 17.9. The van der Waals surface area contributed by atoms with Gasteiger partial charge in [-0.1, -0.05) is 12.1 Å². The predicted molar refractivity (Wildman–Crippen MR) is 96.6 cm³/mol. The van der Waals surface area contributed by atoms with Crippen LogP contribution in [0.15, 0.2) is 59.1 Å². The topological polar surface area (TPSA) is 53.9 Å². The molecular formula is C20H21FN3O2+. The fourth-order valence-corrected chi connectivity index (χ4v) is 3.33. The molecule has 1 fully saturated rings. The van der Waals surface area contributed by atoms with E-state index in [9.17, 15) is 9.50 Å². The molecule has 1 aliphatic rings. The number of piperazine rings is 1. The Morgan fingerprint density at radius 3 is 2.54 bits per heavy atom. The number of para-hydroxylation sites is 2. The molecule has 0 atom stereocenters. The molecule has 3 aromatic rings. The van der Waals surface area contributed by atoms with E-state index in [4.69, 9.17) is 4.42 Å². The van der Waals surface area contributed by atoms with Crippen molar-refractivity contribution < 1.29 is 18.8 Å². The van der Waals surface area contributed by atoms with Gasteiger partial charge in [0.25, 0.3) is 5.89 Å². The van der Waals surface area contributed by atoms with E-state index >= 15 is 0 Å². The maximum absolute atomic E-state index is 13.0. The van der Waals surface area contributed by atoms with E-state index in [1.807, 2.05) is 18.2 Å². The molecule has 0 amide bonds. The lowest BCUT2D eigenvalue weighted by Crippen LogP contribution is -3.13. The molecule has 0 radical (unpaired) electrons. The minimum absolute atomic E-state index is 0.264. The number of rotatable bonds is 4. The summed E-state index contributed by atoms with van der Waals surface area (Å²) in [4.78, 5) is 7.96. The summed E-state index contributed by atoms with van der Waals surface area (Å²) in [5, 5.41) is 10.00. The van der Waals surface area contributed by atoms with Crippen LogP contribution in [-0.4, -0.2) is 36.3 Å². The number of hydrogen-bond acceptors (Lipinski definition) is 4. The number of phenolic OH excluding ortho intramolecular Hbond substituents is 1. The summed E-state index contributed by atoms with van der Waals surface area (Å²) in [6.45, 7) is 4.36. The molecule has 0 spiro atoms. The van der Waals surface area contributed by atoms with E-state index < -0.39 is 0 Å². The number of quaternary nitrogens is 1. The highest BCUT2D eigenvalue weighted by atomic mass is 19.1. The number of nitrogens with zero attached hydrogens (tertiary/aromatic N) is 2. The van der Waals surface area contributed by atoms with Gasteiger partial charge in [-0.3, -0.25) is 0 Å². The minimum Gasteiger partial charge on any atom is -0.506 e. The van der Waals surface area contributed by atoms with Crippen molar-refractivity contribution in [1.82, 2.24) is 4.98 Å². The van der Waals surface area contributed by atoms with Gasteiger partial charge in [0.1, 0.15) is 11.6 Å². The van der Waals surface area contributed by atoms with Crippen LogP contribution in [0.5, 0.6) is 5.75 Å². The second-order valence-corrected chi connectivity index (χ2v) is 6.53. The van der Waals surface area contributed by atoms with Gasteiger partial charge in [-0.2, -0.15) is 0 Å². The van der Waals surface area contributed by atoms with Crippen LogP contribution in [0, 0.1) is 5.82 Å². The zero-order valence-electron chi connectivity index (χ0n) is 14.4. The third-order valence-corrected chi connectivity index (χ3v) is 4.78. The fourth-order valence-electron chi connectivity index (χ4n) is 3.33. The number of halogens is 1. The second-order valence-electron chi connectivity index (χ2n) is 6.53. The van der Waals surface area contributed by atoms with Crippen molar-refractivity contribution in [2.24, 2.45) is 0 Å². The maximum Gasteiger partial charge on any atom is 0.250 e. The average Bonchev–Trinajstić information content (AvgIpc) is 3.12. The quantitative estimate of drug-likeness (QED) is 0.753. The van der Waals surface area contributed by atoms with Crippen LogP contribution in [0.1, 0.15) is 5.89 Å². The molecule has 1 saturated heterocycles. The summed E-state index contributed by atoms with van der Waals surface area (Å²) in [6, 6.07) is 13.7. The highest BCUT2D eigenvalue weighted by Gasteiger charge is 2.23. The monoisotopic (exact) mass is 354 g/mol. The standard InChI is InChI=1S/C20H20FN3O2/c21-16-7-5-15(6-8-16)19-13-22-20(26-19)14-23-9-11-24(12-10-23)17-3-1-2-4-18(17)25/h1-8,13,25H,9-12,14H2/p+1. The number of phenols is 1. The van der Waals surface area contributed by atoms with Gasteiger partial charge in [-0.05, 0) is 36.4 Å². The molecule has 1 aliphatic heterocycles. The van der Waals surface area contributed by atoms with Crippen molar-refractivity contribution >= 4 is 5.69 Å². The number of anilines is 1. The normalized spacial score (nSPS) is 15.3. The first-order valence-electron chi connectivity index (χ1n) is 8.76. The van der Waals surface area contributed by atoms with Crippen LogP contribution in [-0.2, 0) is 6.54 Å². The molecular weight excluding hydrogens is 333 g/mol. The van der Waals surface area contributed by atoms with E-state index in [1.165, 1.54) is 17.0 Å². The summed E-state index contributed by atoms with van der Waals surface area (Å²) in [5.41, 5.74) is 1.71. The molecule has 6 heteroatoms. The molecule has 0 bridgehead atoms. The van der Waals surface area contributed by atoms with Crippen molar-refractivity contribution in [2.75, 3.05) is 31.1 Å². The molecule has 0 aliphatic carbocycles. The van der Waals surface area contributed by atoms with E-state index in [-0.39, 0.29) is 5.82 Å². The highest BCUT2D eigenvalue weighted by molar-refractivity contribution is 5.57. The molecule has 2 heterocycles. The van der Waals surface area contributed by atoms with Crippen LogP contribution >= 0.6 is 0 Å². The Labute approximate surface area is 151 Å². The maximum atomic E-state index is 13.0. The van der Waals surface area contributed by atoms with Gasteiger partial charge in [0, 0.05) is 5.56 Å². The van der Waals surface area contributed by atoms with Gasteiger partial charge in [-0.25, -0.2) is 9.37 Å². The number of benzene rings is 2.